The summed E-state index contributed by atoms with van der Waals surface area (Å²) < 4.78 is 0. The third-order valence-electron chi connectivity index (χ3n) is 3.25. The molecule has 0 aromatic carbocycles. The summed E-state index contributed by atoms with van der Waals surface area (Å²) in [6, 6.07) is 0. The van der Waals surface area contributed by atoms with E-state index in [-0.39, 0.29) is 10.8 Å². The zero-order valence-corrected chi connectivity index (χ0v) is 8.61. The average molecular weight is 200 g/mol. The van der Waals surface area contributed by atoms with Crippen molar-refractivity contribution in [2.24, 2.45) is 5.73 Å². The van der Waals surface area contributed by atoms with Crippen LogP contribution in [0.15, 0.2) is 0 Å². The van der Waals surface area contributed by atoms with E-state index in [0.29, 0.717) is 6.54 Å². The van der Waals surface area contributed by atoms with Gasteiger partial charge in [-0.05, 0) is 12.8 Å². The minimum atomic E-state index is 0.0284. The fourth-order valence-electron chi connectivity index (χ4n) is 2.44. The van der Waals surface area contributed by atoms with Crippen LogP contribution in [0.1, 0.15) is 25.7 Å². The number of rotatable bonds is 2. The van der Waals surface area contributed by atoms with Crippen molar-refractivity contribution in [3.63, 3.8) is 0 Å². The average Bonchev–Trinajstić information content (AvgIpc) is 2.73. The number of carbonyl (C=O) groups is 1. The summed E-state index contributed by atoms with van der Waals surface area (Å²) in [5.41, 5.74) is 5.84. The van der Waals surface area contributed by atoms with Gasteiger partial charge in [0, 0.05) is 18.8 Å². The van der Waals surface area contributed by atoms with Crippen molar-refractivity contribution in [3.8, 4) is 0 Å². The van der Waals surface area contributed by atoms with E-state index in [1.54, 1.807) is 0 Å². The van der Waals surface area contributed by atoms with Gasteiger partial charge in [-0.3, -0.25) is 4.79 Å². The maximum atomic E-state index is 11.6. The Morgan fingerprint density at radius 3 is 2.62 bits per heavy atom. The number of carbonyl (C=O) groups excluding carboxylic acids is 1. The first kappa shape index (κ1) is 9.34. The minimum absolute atomic E-state index is 0.0284. The third kappa shape index (κ3) is 1.46. The Bertz CT molecular complexity index is 214. The van der Waals surface area contributed by atoms with Crippen LogP contribution in [0.25, 0.3) is 0 Å². The Kier molecular flexibility index (Phi) is 2.51. The van der Waals surface area contributed by atoms with Crippen molar-refractivity contribution >= 4 is 17.0 Å². The zero-order chi connectivity index (χ0) is 9.31. The lowest BCUT2D eigenvalue weighted by Gasteiger charge is -2.37. The van der Waals surface area contributed by atoms with Gasteiger partial charge in [0.2, 0.25) is 0 Å². The molecule has 0 atom stereocenters. The van der Waals surface area contributed by atoms with E-state index in [1.807, 2.05) is 4.90 Å². The SMILES string of the molecule is NCC1(N2CCSC2=O)CCCC1. The van der Waals surface area contributed by atoms with E-state index in [0.717, 1.165) is 25.1 Å². The minimum Gasteiger partial charge on any atom is -0.328 e. The second-order valence-corrected chi connectivity index (χ2v) is 4.95. The van der Waals surface area contributed by atoms with E-state index in [1.165, 1.54) is 24.6 Å². The molecular formula is C9H16N2OS. The molecule has 2 rings (SSSR count). The molecule has 0 radical (unpaired) electrons. The van der Waals surface area contributed by atoms with Crippen LogP contribution < -0.4 is 5.73 Å². The van der Waals surface area contributed by atoms with Crippen molar-refractivity contribution in [2.45, 2.75) is 31.2 Å². The molecule has 2 aliphatic rings. The van der Waals surface area contributed by atoms with Crippen LogP contribution in [-0.4, -0.2) is 34.5 Å². The van der Waals surface area contributed by atoms with Crippen molar-refractivity contribution < 1.29 is 4.79 Å². The molecule has 0 unspecified atom stereocenters. The molecule has 1 aliphatic carbocycles. The van der Waals surface area contributed by atoms with Crippen LogP contribution >= 0.6 is 11.8 Å². The van der Waals surface area contributed by atoms with E-state index in [4.69, 9.17) is 5.73 Å². The lowest BCUT2D eigenvalue weighted by atomic mass is 9.96. The van der Waals surface area contributed by atoms with Gasteiger partial charge in [-0.15, -0.1) is 0 Å². The number of amides is 1. The molecule has 0 aromatic rings. The summed E-state index contributed by atoms with van der Waals surface area (Å²) in [5.74, 6) is 0.945. The van der Waals surface area contributed by atoms with Crippen LogP contribution in [0.4, 0.5) is 4.79 Å². The first-order valence-corrected chi connectivity index (χ1v) is 5.91. The van der Waals surface area contributed by atoms with Crippen molar-refractivity contribution in [2.75, 3.05) is 18.8 Å². The predicted molar refractivity (Wildman–Crippen MR) is 54.8 cm³/mol. The van der Waals surface area contributed by atoms with E-state index >= 15 is 0 Å². The number of hydrogen-bond donors (Lipinski definition) is 1. The quantitative estimate of drug-likeness (QED) is 0.733. The van der Waals surface area contributed by atoms with Gasteiger partial charge < -0.3 is 10.6 Å². The highest BCUT2D eigenvalue weighted by molar-refractivity contribution is 8.13. The normalized spacial score (nSPS) is 27.2. The molecule has 74 valence electrons. The van der Waals surface area contributed by atoms with E-state index in [2.05, 4.69) is 0 Å². The summed E-state index contributed by atoms with van der Waals surface area (Å²) in [6.07, 6.45) is 4.67. The maximum Gasteiger partial charge on any atom is 0.282 e. The highest BCUT2D eigenvalue weighted by atomic mass is 32.2. The molecular weight excluding hydrogens is 184 g/mol. The lowest BCUT2D eigenvalue weighted by Crippen LogP contribution is -2.52. The van der Waals surface area contributed by atoms with Gasteiger partial charge in [0.05, 0.1) is 5.54 Å². The number of nitrogens with zero attached hydrogens (tertiary/aromatic N) is 1. The highest BCUT2D eigenvalue weighted by Crippen LogP contribution is 2.38. The van der Waals surface area contributed by atoms with Crippen LogP contribution in [-0.2, 0) is 0 Å². The van der Waals surface area contributed by atoms with E-state index in [9.17, 15) is 4.79 Å². The molecule has 13 heavy (non-hydrogen) atoms. The topological polar surface area (TPSA) is 46.3 Å². The monoisotopic (exact) mass is 200 g/mol. The van der Waals surface area contributed by atoms with Gasteiger partial charge >= 0.3 is 0 Å². The number of thioether (sulfide) groups is 1. The molecule has 0 bridgehead atoms. The molecule has 1 saturated carbocycles. The summed E-state index contributed by atoms with van der Waals surface area (Å²) in [4.78, 5) is 13.6. The largest absolute Gasteiger partial charge is 0.328 e. The molecule has 0 spiro atoms. The Labute approximate surface area is 83.0 Å². The van der Waals surface area contributed by atoms with E-state index < -0.39 is 0 Å². The second kappa shape index (κ2) is 3.50. The van der Waals surface area contributed by atoms with Crippen LogP contribution in [0.2, 0.25) is 0 Å². The standard InChI is InChI=1S/C9H16N2OS/c10-7-9(3-1-2-4-9)11-5-6-13-8(11)12/h1-7,10H2. The second-order valence-electron chi connectivity index (χ2n) is 3.90. The van der Waals surface area contributed by atoms with Crippen molar-refractivity contribution in [1.82, 2.24) is 4.90 Å². The molecule has 1 heterocycles. The lowest BCUT2D eigenvalue weighted by molar-refractivity contribution is 0.149. The van der Waals surface area contributed by atoms with Crippen molar-refractivity contribution in [3.05, 3.63) is 0 Å². The molecule has 3 nitrogen and oxygen atoms in total. The maximum absolute atomic E-state index is 11.6. The predicted octanol–water partition coefficient (Wildman–Crippen LogP) is 1.43. The van der Waals surface area contributed by atoms with Crippen LogP contribution in [0.3, 0.4) is 0 Å². The summed E-state index contributed by atoms with van der Waals surface area (Å²) in [7, 11) is 0. The van der Waals surface area contributed by atoms with Crippen LogP contribution in [0, 0.1) is 0 Å². The van der Waals surface area contributed by atoms with Gasteiger partial charge in [0.25, 0.3) is 5.24 Å². The summed E-state index contributed by atoms with van der Waals surface area (Å²) in [6.45, 7) is 1.54. The molecule has 1 saturated heterocycles. The van der Waals surface area contributed by atoms with Gasteiger partial charge in [0.15, 0.2) is 0 Å². The van der Waals surface area contributed by atoms with Crippen LogP contribution in [0.5, 0.6) is 0 Å². The molecule has 2 N–H and O–H groups in total. The molecule has 0 aromatic heterocycles. The Balaban J connectivity index is 2.15. The smallest absolute Gasteiger partial charge is 0.282 e. The molecule has 1 aliphatic heterocycles. The number of nitrogens with two attached hydrogens (primary N) is 1. The fraction of sp³-hybridized carbons (Fsp3) is 0.889. The first-order chi connectivity index (χ1) is 6.28. The Hall–Kier alpha value is -0.220. The summed E-state index contributed by atoms with van der Waals surface area (Å²) in [5, 5.41) is 0.243. The van der Waals surface area contributed by atoms with Crippen molar-refractivity contribution in [1.29, 1.82) is 0 Å². The van der Waals surface area contributed by atoms with Gasteiger partial charge in [0.1, 0.15) is 0 Å². The van der Waals surface area contributed by atoms with Gasteiger partial charge in [-0.25, -0.2) is 0 Å². The Morgan fingerprint density at radius 2 is 2.15 bits per heavy atom. The third-order valence-corrected chi connectivity index (χ3v) is 4.10. The molecule has 1 amide bonds. The van der Waals surface area contributed by atoms with Gasteiger partial charge in [-0.2, -0.15) is 0 Å². The molecule has 4 heteroatoms. The van der Waals surface area contributed by atoms with Gasteiger partial charge in [-0.1, -0.05) is 24.6 Å². The fourth-order valence-corrected chi connectivity index (χ4v) is 3.33. The highest BCUT2D eigenvalue weighted by Gasteiger charge is 2.42. The first-order valence-electron chi connectivity index (χ1n) is 4.93. The number of hydrogen-bond acceptors (Lipinski definition) is 3. The molecule has 2 fully saturated rings. The zero-order valence-electron chi connectivity index (χ0n) is 7.79. The Morgan fingerprint density at radius 1 is 1.46 bits per heavy atom. The summed E-state index contributed by atoms with van der Waals surface area (Å²) >= 11 is 1.44.